The smallest absolute Gasteiger partial charge is 0.0978 e. The van der Waals surface area contributed by atoms with Gasteiger partial charge >= 0.3 is 0 Å². The van der Waals surface area contributed by atoms with Crippen LogP contribution in [0.25, 0.3) is 66.6 Å². The zero-order valence-electron chi connectivity index (χ0n) is 24.4. The summed E-state index contributed by atoms with van der Waals surface area (Å²) in [6, 6.07) is 43.5. The standard InChI is InChI=1S/C40H32N2/c1-25-17-26(2)20-31(19-25)37-23-35(29-11-7-5-8-12-29)33-15-16-34-36(30-13-9-6-10-14-30)24-38(42-40(34)39(33)41-37)32-21-27(3)18-28(4)22-32/h5-24H,1-4H3. The number of aromatic nitrogens is 2. The van der Waals surface area contributed by atoms with Crippen LogP contribution in [-0.2, 0) is 0 Å². The molecule has 0 spiro atoms. The molecule has 42 heavy (non-hydrogen) atoms. The first kappa shape index (κ1) is 25.9. The number of nitrogens with zero attached hydrogens (tertiary/aromatic N) is 2. The van der Waals surface area contributed by atoms with E-state index in [-0.39, 0.29) is 0 Å². The number of fused-ring (bicyclic) bond motifs is 3. The summed E-state index contributed by atoms with van der Waals surface area (Å²) >= 11 is 0. The average Bonchev–Trinajstić information content (AvgIpc) is 2.99. The van der Waals surface area contributed by atoms with Gasteiger partial charge in [-0.05, 0) is 86.3 Å². The van der Waals surface area contributed by atoms with E-state index in [1.54, 1.807) is 0 Å². The lowest BCUT2D eigenvalue weighted by Gasteiger charge is -2.16. The first-order chi connectivity index (χ1) is 20.4. The molecule has 0 aliphatic heterocycles. The van der Waals surface area contributed by atoms with Crippen LogP contribution < -0.4 is 0 Å². The van der Waals surface area contributed by atoms with Gasteiger partial charge in [0, 0.05) is 21.9 Å². The third kappa shape index (κ3) is 4.76. The summed E-state index contributed by atoms with van der Waals surface area (Å²) in [5.41, 5.74) is 15.6. The quantitative estimate of drug-likeness (QED) is 0.208. The predicted molar refractivity (Wildman–Crippen MR) is 178 cm³/mol. The van der Waals surface area contributed by atoms with E-state index in [0.29, 0.717) is 0 Å². The van der Waals surface area contributed by atoms with Gasteiger partial charge in [-0.1, -0.05) is 107 Å². The highest BCUT2D eigenvalue weighted by atomic mass is 14.8. The van der Waals surface area contributed by atoms with Gasteiger partial charge in [0.15, 0.2) is 0 Å². The Balaban J connectivity index is 1.62. The summed E-state index contributed by atoms with van der Waals surface area (Å²) in [5, 5.41) is 2.21. The third-order valence-electron chi connectivity index (χ3n) is 7.96. The zero-order valence-corrected chi connectivity index (χ0v) is 24.4. The van der Waals surface area contributed by atoms with Crippen molar-refractivity contribution in [3.05, 3.63) is 144 Å². The maximum Gasteiger partial charge on any atom is 0.0978 e. The fourth-order valence-corrected chi connectivity index (χ4v) is 6.23. The van der Waals surface area contributed by atoms with Gasteiger partial charge < -0.3 is 0 Å². The fraction of sp³-hybridized carbons (Fsp3) is 0.100. The van der Waals surface area contributed by atoms with Crippen LogP contribution in [0.15, 0.2) is 121 Å². The van der Waals surface area contributed by atoms with E-state index in [4.69, 9.17) is 9.97 Å². The Morgan fingerprint density at radius 1 is 0.357 bits per heavy atom. The summed E-state index contributed by atoms with van der Waals surface area (Å²) in [6.07, 6.45) is 0. The number of rotatable bonds is 4. The number of pyridine rings is 2. The molecule has 5 aromatic carbocycles. The molecule has 7 rings (SSSR count). The number of hydrogen-bond acceptors (Lipinski definition) is 2. The topological polar surface area (TPSA) is 25.8 Å². The minimum Gasteiger partial charge on any atom is -0.245 e. The molecule has 2 heteroatoms. The Morgan fingerprint density at radius 2 is 0.714 bits per heavy atom. The molecule has 202 valence electrons. The van der Waals surface area contributed by atoms with Crippen molar-refractivity contribution >= 4 is 21.8 Å². The molecule has 0 fully saturated rings. The van der Waals surface area contributed by atoms with Gasteiger partial charge in [0.2, 0.25) is 0 Å². The van der Waals surface area contributed by atoms with Crippen molar-refractivity contribution in [2.24, 2.45) is 0 Å². The van der Waals surface area contributed by atoms with E-state index < -0.39 is 0 Å². The first-order valence-electron chi connectivity index (χ1n) is 14.5. The highest BCUT2D eigenvalue weighted by Crippen LogP contribution is 2.39. The lowest BCUT2D eigenvalue weighted by Crippen LogP contribution is -1.96. The molecule has 0 unspecified atom stereocenters. The fourth-order valence-electron chi connectivity index (χ4n) is 6.23. The molecule has 0 atom stereocenters. The van der Waals surface area contributed by atoms with Gasteiger partial charge in [-0.3, -0.25) is 0 Å². The lowest BCUT2D eigenvalue weighted by molar-refractivity contribution is 1.33. The predicted octanol–water partition coefficient (Wildman–Crippen LogP) is 10.7. The zero-order chi connectivity index (χ0) is 28.8. The Labute approximate surface area is 247 Å². The molecule has 2 heterocycles. The van der Waals surface area contributed by atoms with Crippen LogP contribution in [0.1, 0.15) is 22.3 Å². The Kier molecular flexibility index (Phi) is 6.40. The minimum absolute atomic E-state index is 0.923. The van der Waals surface area contributed by atoms with Crippen molar-refractivity contribution in [2.75, 3.05) is 0 Å². The summed E-state index contributed by atoms with van der Waals surface area (Å²) in [7, 11) is 0. The van der Waals surface area contributed by atoms with E-state index >= 15 is 0 Å². The normalized spacial score (nSPS) is 11.3. The van der Waals surface area contributed by atoms with Gasteiger partial charge in [-0.15, -0.1) is 0 Å². The van der Waals surface area contributed by atoms with E-state index in [1.165, 1.54) is 33.4 Å². The Hall–Kier alpha value is -5.08. The van der Waals surface area contributed by atoms with E-state index in [0.717, 1.165) is 55.4 Å². The number of benzene rings is 5. The van der Waals surface area contributed by atoms with Crippen molar-refractivity contribution in [2.45, 2.75) is 27.7 Å². The van der Waals surface area contributed by atoms with Crippen molar-refractivity contribution in [1.82, 2.24) is 9.97 Å². The summed E-state index contributed by atoms with van der Waals surface area (Å²) in [6.45, 7) is 8.59. The van der Waals surface area contributed by atoms with Gasteiger partial charge in [-0.2, -0.15) is 0 Å². The van der Waals surface area contributed by atoms with Crippen LogP contribution in [0, 0.1) is 27.7 Å². The van der Waals surface area contributed by atoms with Crippen LogP contribution in [0.3, 0.4) is 0 Å². The van der Waals surface area contributed by atoms with E-state index in [9.17, 15) is 0 Å². The van der Waals surface area contributed by atoms with Crippen LogP contribution in [-0.4, -0.2) is 9.97 Å². The largest absolute Gasteiger partial charge is 0.245 e. The van der Waals surface area contributed by atoms with Crippen molar-refractivity contribution in [3.63, 3.8) is 0 Å². The van der Waals surface area contributed by atoms with Crippen LogP contribution in [0.5, 0.6) is 0 Å². The van der Waals surface area contributed by atoms with Crippen LogP contribution in [0.4, 0.5) is 0 Å². The molecule has 0 aliphatic carbocycles. The molecule has 0 amide bonds. The monoisotopic (exact) mass is 540 g/mol. The van der Waals surface area contributed by atoms with Gasteiger partial charge in [0.05, 0.1) is 22.4 Å². The SMILES string of the molecule is Cc1cc(C)cc(-c2cc(-c3ccccc3)c3ccc4c(-c5ccccc5)cc(-c5cc(C)cc(C)c5)nc4c3n2)c1. The summed E-state index contributed by atoms with van der Waals surface area (Å²) in [5.74, 6) is 0. The van der Waals surface area contributed by atoms with Crippen molar-refractivity contribution in [3.8, 4) is 44.8 Å². The molecular weight excluding hydrogens is 508 g/mol. The highest BCUT2D eigenvalue weighted by molar-refractivity contribution is 6.13. The summed E-state index contributed by atoms with van der Waals surface area (Å²) in [4.78, 5) is 10.8. The second kappa shape index (κ2) is 10.4. The molecule has 0 saturated carbocycles. The molecule has 0 radical (unpaired) electrons. The van der Waals surface area contributed by atoms with E-state index in [2.05, 4.69) is 149 Å². The molecule has 0 bridgehead atoms. The lowest BCUT2D eigenvalue weighted by atomic mass is 9.93. The third-order valence-corrected chi connectivity index (χ3v) is 7.96. The first-order valence-corrected chi connectivity index (χ1v) is 14.5. The molecule has 2 aromatic heterocycles. The Bertz CT molecular complexity index is 1910. The van der Waals surface area contributed by atoms with E-state index in [1.807, 2.05) is 0 Å². The second-order valence-electron chi connectivity index (χ2n) is 11.5. The van der Waals surface area contributed by atoms with Gasteiger partial charge in [0.1, 0.15) is 0 Å². The maximum atomic E-state index is 5.38. The van der Waals surface area contributed by atoms with Crippen molar-refractivity contribution < 1.29 is 0 Å². The van der Waals surface area contributed by atoms with Crippen LogP contribution in [0.2, 0.25) is 0 Å². The van der Waals surface area contributed by atoms with Gasteiger partial charge in [-0.25, -0.2) is 9.97 Å². The minimum atomic E-state index is 0.923. The molecule has 0 aliphatic rings. The number of hydrogen-bond donors (Lipinski definition) is 0. The molecule has 0 saturated heterocycles. The highest BCUT2D eigenvalue weighted by Gasteiger charge is 2.17. The molecule has 7 aromatic rings. The molecule has 2 nitrogen and oxygen atoms in total. The molecule has 0 N–H and O–H groups in total. The summed E-state index contributed by atoms with van der Waals surface area (Å²) < 4.78 is 0. The number of aryl methyl sites for hydroxylation is 4. The van der Waals surface area contributed by atoms with Crippen LogP contribution >= 0.6 is 0 Å². The van der Waals surface area contributed by atoms with Crippen molar-refractivity contribution in [1.29, 1.82) is 0 Å². The van der Waals surface area contributed by atoms with Gasteiger partial charge in [0.25, 0.3) is 0 Å². The molecular formula is C40H32N2. The second-order valence-corrected chi connectivity index (χ2v) is 11.5. The maximum absolute atomic E-state index is 5.38. The Morgan fingerprint density at radius 3 is 1.07 bits per heavy atom. The average molecular weight is 541 g/mol.